The Hall–Kier alpha value is -2.16. The van der Waals surface area contributed by atoms with Crippen LogP contribution in [0.1, 0.15) is 68.8 Å². The zero-order valence-electron chi connectivity index (χ0n) is 16.4. The lowest BCUT2D eigenvalue weighted by Crippen LogP contribution is -2.12. The van der Waals surface area contributed by atoms with Crippen molar-refractivity contribution < 1.29 is 4.79 Å². The topological polar surface area (TPSA) is 56.0 Å². The number of pyridine rings is 1. The summed E-state index contributed by atoms with van der Waals surface area (Å²) in [5.41, 5.74) is 8.70. The maximum absolute atomic E-state index is 11.1. The molecule has 1 aromatic carbocycles. The minimum atomic E-state index is -0.419. The molecule has 1 amide bonds. The number of amides is 1. The van der Waals surface area contributed by atoms with Gasteiger partial charge >= 0.3 is 0 Å². The highest BCUT2D eigenvalue weighted by Crippen LogP contribution is 2.29. The highest BCUT2D eigenvalue weighted by molar-refractivity contribution is 5.93. The molecule has 3 nitrogen and oxygen atoms in total. The van der Waals surface area contributed by atoms with Gasteiger partial charge in [-0.05, 0) is 42.0 Å². The first-order chi connectivity index (χ1) is 12.5. The molecule has 26 heavy (non-hydrogen) atoms. The molecule has 1 aliphatic carbocycles. The molecular formula is C23H32N2O. The van der Waals surface area contributed by atoms with E-state index in [4.69, 9.17) is 5.73 Å². The van der Waals surface area contributed by atoms with E-state index < -0.39 is 5.91 Å². The number of hydrogen-bond donors (Lipinski definition) is 1. The third-order valence-corrected chi connectivity index (χ3v) is 5.27. The SMILES string of the molecule is CC(C)C1CCCCC1.CCc1ccc(-c2cccc(C(N)=O)c2)nc1. The lowest BCUT2D eigenvalue weighted by Gasteiger charge is -2.24. The Bertz CT molecular complexity index is 686. The molecule has 140 valence electrons. The number of primary amides is 1. The standard InChI is InChI=1S/C14H14N2O.C9H18/c1-2-10-6-7-13(16-9-10)11-4-3-5-12(8-11)14(15)17;1-8(2)9-6-4-3-5-7-9/h3-9H,2H2,1H3,(H2,15,17);8-9H,3-7H2,1-2H3. The predicted molar refractivity (Wildman–Crippen MR) is 109 cm³/mol. The van der Waals surface area contributed by atoms with Crippen LogP contribution in [0.15, 0.2) is 42.6 Å². The zero-order valence-corrected chi connectivity index (χ0v) is 16.4. The molecule has 3 rings (SSSR count). The van der Waals surface area contributed by atoms with E-state index in [1.165, 1.54) is 37.7 Å². The van der Waals surface area contributed by atoms with E-state index >= 15 is 0 Å². The first kappa shape index (κ1) is 20.2. The number of aromatic nitrogens is 1. The number of carbonyl (C=O) groups is 1. The summed E-state index contributed by atoms with van der Waals surface area (Å²) < 4.78 is 0. The maximum Gasteiger partial charge on any atom is 0.248 e. The second-order valence-corrected chi connectivity index (χ2v) is 7.49. The van der Waals surface area contributed by atoms with Crippen LogP contribution in [0.4, 0.5) is 0 Å². The van der Waals surface area contributed by atoms with Gasteiger partial charge in [-0.15, -0.1) is 0 Å². The lowest BCUT2D eigenvalue weighted by molar-refractivity contribution is 0.100. The number of nitrogens with zero attached hydrogens (tertiary/aromatic N) is 1. The van der Waals surface area contributed by atoms with Crippen LogP contribution >= 0.6 is 0 Å². The number of carbonyl (C=O) groups excluding carboxylic acids is 1. The molecule has 0 atom stereocenters. The van der Waals surface area contributed by atoms with E-state index in [-0.39, 0.29) is 0 Å². The van der Waals surface area contributed by atoms with Crippen molar-refractivity contribution >= 4 is 5.91 Å². The minimum absolute atomic E-state index is 0.419. The van der Waals surface area contributed by atoms with Crippen molar-refractivity contribution in [2.24, 2.45) is 17.6 Å². The Morgan fingerprint density at radius 3 is 2.38 bits per heavy atom. The smallest absolute Gasteiger partial charge is 0.248 e. The molecular weight excluding hydrogens is 320 g/mol. The first-order valence-electron chi connectivity index (χ1n) is 9.86. The van der Waals surface area contributed by atoms with Crippen molar-refractivity contribution in [3.8, 4) is 11.3 Å². The molecule has 1 heterocycles. The number of aryl methyl sites for hydroxylation is 1. The average molecular weight is 353 g/mol. The van der Waals surface area contributed by atoms with E-state index in [1.54, 1.807) is 12.1 Å². The monoisotopic (exact) mass is 352 g/mol. The van der Waals surface area contributed by atoms with Gasteiger partial charge in [0.2, 0.25) is 5.91 Å². The first-order valence-corrected chi connectivity index (χ1v) is 9.86. The lowest BCUT2D eigenvalue weighted by atomic mass is 9.82. The van der Waals surface area contributed by atoms with Crippen molar-refractivity contribution in [2.75, 3.05) is 0 Å². The van der Waals surface area contributed by atoms with Crippen LogP contribution in [0, 0.1) is 11.8 Å². The molecule has 1 saturated carbocycles. The second kappa shape index (κ2) is 10.1. The zero-order chi connectivity index (χ0) is 18.9. The van der Waals surface area contributed by atoms with Gasteiger partial charge in [0, 0.05) is 17.3 Å². The van der Waals surface area contributed by atoms with Gasteiger partial charge in [0.25, 0.3) is 0 Å². The van der Waals surface area contributed by atoms with Crippen molar-refractivity contribution in [1.29, 1.82) is 0 Å². The minimum Gasteiger partial charge on any atom is -0.366 e. The molecule has 0 radical (unpaired) electrons. The normalized spacial score (nSPS) is 14.6. The Morgan fingerprint density at radius 2 is 1.88 bits per heavy atom. The molecule has 1 fully saturated rings. The summed E-state index contributed by atoms with van der Waals surface area (Å²) in [6.45, 7) is 6.80. The van der Waals surface area contributed by atoms with Crippen LogP contribution in [0.2, 0.25) is 0 Å². The summed E-state index contributed by atoms with van der Waals surface area (Å²) in [6.07, 6.45) is 10.3. The molecule has 1 aliphatic rings. The van der Waals surface area contributed by atoms with Crippen LogP contribution in [-0.2, 0) is 6.42 Å². The second-order valence-electron chi connectivity index (χ2n) is 7.49. The predicted octanol–water partition coefficient (Wildman–Crippen LogP) is 5.63. The molecule has 0 aliphatic heterocycles. The Labute approximate surface area is 158 Å². The number of rotatable bonds is 4. The summed E-state index contributed by atoms with van der Waals surface area (Å²) in [7, 11) is 0. The number of benzene rings is 1. The Kier molecular flexibility index (Phi) is 7.83. The van der Waals surface area contributed by atoms with Crippen LogP contribution < -0.4 is 5.73 Å². The maximum atomic E-state index is 11.1. The van der Waals surface area contributed by atoms with Gasteiger partial charge in [-0.2, -0.15) is 0 Å². The van der Waals surface area contributed by atoms with E-state index in [9.17, 15) is 4.79 Å². The van der Waals surface area contributed by atoms with E-state index in [2.05, 4.69) is 25.8 Å². The third-order valence-electron chi connectivity index (χ3n) is 5.27. The molecule has 1 aromatic heterocycles. The fourth-order valence-electron chi connectivity index (χ4n) is 3.44. The number of hydrogen-bond acceptors (Lipinski definition) is 2. The van der Waals surface area contributed by atoms with Crippen LogP contribution in [0.25, 0.3) is 11.3 Å². The molecule has 0 unspecified atom stereocenters. The van der Waals surface area contributed by atoms with E-state index in [1.807, 2.05) is 30.5 Å². The van der Waals surface area contributed by atoms with Crippen molar-refractivity contribution in [3.05, 3.63) is 53.7 Å². The highest BCUT2D eigenvalue weighted by Gasteiger charge is 2.15. The summed E-state index contributed by atoms with van der Waals surface area (Å²) >= 11 is 0. The van der Waals surface area contributed by atoms with Gasteiger partial charge in [0.05, 0.1) is 5.69 Å². The number of nitrogens with two attached hydrogens (primary N) is 1. The Morgan fingerprint density at radius 1 is 1.15 bits per heavy atom. The van der Waals surface area contributed by atoms with E-state index in [0.29, 0.717) is 5.56 Å². The summed E-state index contributed by atoms with van der Waals surface area (Å²) in [5, 5.41) is 0. The van der Waals surface area contributed by atoms with Crippen molar-refractivity contribution in [3.63, 3.8) is 0 Å². The fourth-order valence-corrected chi connectivity index (χ4v) is 3.44. The summed E-state index contributed by atoms with van der Waals surface area (Å²) in [6, 6.07) is 11.2. The molecule has 2 aromatic rings. The van der Waals surface area contributed by atoms with Crippen LogP contribution in [0.5, 0.6) is 0 Å². The summed E-state index contributed by atoms with van der Waals surface area (Å²) in [5.74, 6) is 1.57. The van der Waals surface area contributed by atoms with Gasteiger partial charge in [-0.1, -0.05) is 71.1 Å². The van der Waals surface area contributed by atoms with Gasteiger partial charge in [-0.25, -0.2) is 0 Å². The van der Waals surface area contributed by atoms with Gasteiger partial charge in [0.1, 0.15) is 0 Å². The summed E-state index contributed by atoms with van der Waals surface area (Å²) in [4.78, 5) is 15.5. The quantitative estimate of drug-likeness (QED) is 0.775. The largest absolute Gasteiger partial charge is 0.366 e. The Balaban J connectivity index is 0.000000228. The van der Waals surface area contributed by atoms with Gasteiger partial charge < -0.3 is 5.73 Å². The molecule has 0 bridgehead atoms. The van der Waals surface area contributed by atoms with Crippen molar-refractivity contribution in [2.45, 2.75) is 59.3 Å². The average Bonchev–Trinajstić information content (AvgIpc) is 2.69. The van der Waals surface area contributed by atoms with Crippen LogP contribution in [-0.4, -0.2) is 10.9 Å². The van der Waals surface area contributed by atoms with Crippen molar-refractivity contribution in [1.82, 2.24) is 4.98 Å². The molecule has 0 spiro atoms. The van der Waals surface area contributed by atoms with E-state index in [0.717, 1.165) is 29.5 Å². The molecule has 0 saturated heterocycles. The molecule has 2 N–H and O–H groups in total. The highest BCUT2D eigenvalue weighted by atomic mass is 16.1. The third kappa shape index (κ3) is 5.98. The van der Waals surface area contributed by atoms with Gasteiger partial charge in [-0.3, -0.25) is 9.78 Å². The van der Waals surface area contributed by atoms with Crippen LogP contribution in [0.3, 0.4) is 0 Å². The van der Waals surface area contributed by atoms with Gasteiger partial charge in [0.15, 0.2) is 0 Å². The fraction of sp³-hybridized carbons (Fsp3) is 0.478. The molecule has 3 heteroatoms.